The number of hydrogen-bond donors (Lipinski definition) is 1. The minimum Gasteiger partial charge on any atom is -0.494 e. The summed E-state index contributed by atoms with van der Waals surface area (Å²) in [5, 5.41) is 3.03. The van der Waals surface area contributed by atoms with Gasteiger partial charge in [-0.1, -0.05) is 6.07 Å². The minimum atomic E-state index is -0.0462. The van der Waals surface area contributed by atoms with Gasteiger partial charge in [-0.2, -0.15) is 0 Å². The van der Waals surface area contributed by atoms with E-state index in [1.807, 2.05) is 69.0 Å². The van der Waals surface area contributed by atoms with Crippen molar-refractivity contribution in [3.8, 4) is 17.2 Å². The molecule has 0 unspecified atom stereocenters. The zero-order valence-electron chi connectivity index (χ0n) is 19.9. The van der Waals surface area contributed by atoms with Crippen molar-refractivity contribution in [2.24, 2.45) is 0 Å². The lowest BCUT2D eigenvalue weighted by Gasteiger charge is -2.34. The number of ether oxygens (including phenoxy) is 1. The van der Waals surface area contributed by atoms with E-state index in [4.69, 9.17) is 14.1 Å². The molecule has 33 heavy (non-hydrogen) atoms. The van der Waals surface area contributed by atoms with Crippen LogP contribution in [0, 0.1) is 20.8 Å². The summed E-state index contributed by atoms with van der Waals surface area (Å²) in [6.07, 6.45) is 0. The van der Waals surface area contributed by atoms with E-state index in [0.29, 0.717) is 32.1 Å². The number of aromatic nitrogens is 1. The van der Waals surface area contributed by atoms with Crippen LogP contribution in [-0.2, 0) is 6.54 Å². The van der Waals surface area contributed by atoms with Gasteiger partial charge in [0.1, 0.15) is 11.5 Å². The number of oxazole rings is 1. The van der Waals surface area contributed by atoms with Gasteiger partial charge in [-0.3, -0.25) is 4.90 Å². The predicted octanol–water partition coefficient (Wildman–Crippen LogP) is 5.02. The van der Waals surface area contributed by atoms with E-state index in [1.165, 1.54) is 0 Å². The van der Waals surface area contributed by atoms with Crippen LogP contribution in [-0.4, -0.2) is 53.6 Å². The number of carbonyl (C=O) groups excluding carboxylic acids is 1. The molecule has 0 saturated carbocycles. The molecule has 1 saturated heterocycles. The molecule has 2 heterocycles. The summed E-state index contributed by atoms with van der Waals surface area (Å²) in [5.41, 5.74) is 5.00. The van der Waals surface area contributed by atoms with E-state index in [-0.39, 0.29) is 6.03 Å². The number of piperazine rings is 1. The molecule has 3 aromatic rings. The van der Waals surface area contributed by atoms with Crippen molar-refractivity contribution in [3.63, 3.8) is 0 Å². The molecule has 0 radical (unpaired) electrons. The molecular formula is C26H32N4O3. The molecule has 0 spiro atoms. The highest BCUT2D eigenvalue weighted by Crippen LogP contribution is 2.25. The second-order valence-electron chi connectivity index (χ2n) is 8.55. The van der Waals surface area contributed by atoms with E-state index >= 15 is 0 Å². The van der Waals surface area contributed by atoms with E-state index in [0.717, 1.165) is 52.7 Å². The Bertz CT molecular complexity index is 1080. The number of nitrogens with zero attached hydrogens (tertiary/aromatic N) is 3. The Morgan fingerprint density at radius 2 is 1.70 bits per heavy atom. The topological polar surface area (TPSA) is 70.8 Å². The summed E-state index contributed by atoms with van der Waals surface area (Å²) < 4.78 is 11.4. The number of amides is 2. The van der Waals surface area contributed by atoms with Gasteiger partial charge in [0.25, 0.3) is 0 Å². The van der Waals surface area contributed by atoms with Gasteiger partial charge in [0.05, 0.1) is 12.3 Å². The summed E-state index contributed by atoms with van der Waals surface area (Å²) in [6.45, 7) is 12.3. The first-order valence-corrected chi connectivity index (χ1v) is 11.5. The van der Waals surface area contributed by atoms with Gasteiger partial charge in [0, 0.05) is 44.0 Å². The smallest absolute Gasteiger partial charge is 0.321 e. The average molecular weight is 449 g/mol. The molecule has 0 atom stereocenters. The van der Waals surface area contributed by atoms with Crippen molar-refractivity contribution in [1.29, 1.82) is 0 Å². The Morgan fingerprint density at radius 3 is 2.33 bits per heavy atom. The Labute approximate surface area is 195 Å². The third-order valence-corrected chi connectivity index (χ3v) is 5.81. The molecule has 1 aliphatic heterocycles. The van der Waals surface area contributed by atoms with E-state index in [2.05, 4.69) is 16.3 Å². The molecule has 7 heteroatoms. The highest BCUT2D eigenvalue weighted by molar-refractivity contribution is 5.89. The Hall–Kier alpha value is -3.32. The molecule has 7 nitrogen and oxygen atoms in total. The molecule has 174 valence electrons. The Kier molecular flexibility index (Phi) is 6.99. The predicted molar refractivity (Wildman–Crippen MR) is 130 cm³/mol. The Morgan fingerprint density at radius 1 is 1.03 bits per heavy atom. The molecule has 4 rings (SSSR count). The molecule has 0 aliphatic carbocycles. The number of carbonyl (C=O) groups is 1. The van der Waals surface area contributed by atoms with Crippen LogP contribution < -0.4 is 10.1 Å². The largest absolute Gasteiger partial charge is 0.494 e. The standard InChI is InChI=1S/C26H32N4O3/c1-5-32-23-8-6-21(7-9-23)25-28-24(20(4)33-25)17-29-10-12-30(13-11-29)26(31)27-22-15-18(2)14-19(3)16-22/h6-9,14-16H,5,10-13,17H2,1-4H3,(H,27,31). The van der Waals surface area contributed by atoms with Crippen molar-refractivity contribution in [3.05, 3.63) is 65.0 Å². The van der Waals surface area contributed by atoms with Gasteiger partial charge in [0.15, 0.2) is 0 Å². The van der Waals surface area contributed by atoms with Crippen LogP contribution in [0.15, 0.2) is 46.9 Å². The molecule has 1 aromatic heterocycles. The fourth-order valence-corrected chi connectivity index (χ4v) is 4.13. The van der Waals surface area contributed by atoms with Gasteiger partial charge in [0.2, 0.25) is 5.89 Å². The highest BCUT2D eigenvalue weighted by atomic mass is 16.5. The number of hydrogen-bond acceptors (Lipinski definition) is 5. The van der Waals surface area contributed by atoms with E-state index in [1.54, 1.807) is 0 Å². The molecule has 1 N–H and O–H groups in total. The quantitative estimate of drug-likeness (QED) is 0.574. The molecular weight excluding hydrogens is 416 g/mol. The maximum absolute atomic E-state index is 12.7. The number of nitrogens with one attached hydrogen (secondary N) is 1. The van der Waals surface area contributed by atoms with Gasteiger partial charge in [-0.15, -0.1) is 0 Å². The lowest BCUT2D eigenvalue weighted by Crippen LogP contribution is -2.49. The normalized spacial score (nSPS) is 14.4. The minimum absolute atomic E-state index is 0.0462. The summed E-state index contributed by atoms with van der Waals surface area (Å²) in [5.74, 6) is 2.29. The van der Waals surface area contributed by atoms with Crippen molar-refractivity contribution >= 4 is 11.7 Å². The Balaban J connectivity index is 1.32. The van der Waals surface area contributed by atoms with Gasteiger partial charge in [-0.05, 0) is 75.2 Å². The van der Waals surface area contributed by atoms with Gasteiger partial charge in [-0.25, -0.2) is 9.78 Å². The molecule has 1 fully saturated rings. The first kappa shape index (κ1) is 22.9. The highest BCUT2D eigenvalue weighted by Gasteiger charge is 2.23. The van der Waals surface area contributed by atoms with E-state index < -0.39 is 0 Å². The van der Waals surface area contributed by atoms with Crippen molar-refractivity contribution in [2.45, 2.75) is 34.2 Å². The molecule has 0 bridgehead atoms. The van der Waals surface area contributed by atoms with Crippen LogP contribution >= 0.6 is 0 Å². The third kappa shape index (κ3) is 5.73. The van der Waals surface area contributed by atoms with Crippen LogP contribution in [0.25, 0.3) is 11.5 Å². The fourth-order valence-electron chi connectivity index (χ4n) is 4.13. The summed E-state index contributed by atoms with van der Waals surface area (Å²) >= 11 is 0. The van der Waals surface area contributed by atoms with Gasteiger partial charge < -0.3 is 19.4 Å². The van der Waals surface area contributed by atoms with Crippen LogP contribution in [0.2, 0.25) is 0 Å². The van der Waals surface area contributed by atoms with Crippen LogP contribution in [0.1, 0.15) is 29.5 Å². The number of anilines is 1. The van der Waals surface area contributed by atoms with E-state index in [9.17, 15) is 4.79 Å². The van der Waals surface area contributed by atoms with Crippen molar-refractivity contribution in [1.82, 2.24) is 14.8 Å². The first-order chi connectivity index (χ1) is 15.9. The zero-order valence-corrected chi connectivity index (χ0v) is 19.9. The molecule has 1 aliphatic rings. The molecule has 2 amide bonds. The lowest BCUT2D eigenvalue weighted by molar-refractivity contribution is 0.141. The maximum Gasteiger partial charge on any atom is 0.321 e. The van der Waals surface area contributed by atoms with Gasteiger partial charge >= 0.3 is 6.03 Å². The number of urea groups is 1. The number of rotatable bonds is 6. The fraction of sp³-hybridized carbons (Fsp3) is 0.385. The SMILES string of the molecule is CCOc1ccc(-c2nc(CN3CCN(C(=O)Nc4cc(C)cc(C)c4)CC3)c(C)o2)cc1. The summed E-state index contributed by atoms with van der Waals surface area (Å²) in [7, 11) is 0. The number of benzene rings is 2. The lowest BCUT2D eigenvalue weighted by atomic mass is 10.1. The number of aryl methyl sites for hydroxylation is 3. The molecule has 2 aromatic carbocycles. The van der Waals surface area contributed by atoms with Crippen LogP contribution in [0.4, 0.5) is 10.5 Å². The third-order valence-electron chi connectivity index (χ3n) is 5.81. The van der Waals surface area contributed by atoms with Crippen LogP contribution in [0.5, 0.6) is 5.75 Å². The van der Waals surface area contributed by atoms with Crippen molar-refractivity contribution < 1.29 is 13.9 Å². The van der Waals surface area contributed by atoms with Crippen molar-refractivity contribution in [2.75, 3.05) is 38.1 Å². The second-order valence-corrected chi connectivity index (χ2v) is 8.55. The summed E-state index contributed by atoms with van der Waals surface area (Å²) in [6, 6.07) is 13.8. The summed E-state index contributed by atoms with van der Waals surface area (Å²) in [4.78, 5) is 21.6. The first-order valence-electron chi connectivity index (χ1n) is 11.5. The van der Waals surface area contributed by atoms with Crippen LogP contribution in [0.3, 0.4) is 0 Å². The monoisotopic (exact) mass is 448 g/mol. The average Bonchev–Trinajstić information content (AvgIpc) is 3.14. The zero-order chi connectivity index (χ0) is 23.4. The maximum atomic E-state index is 12.7. The second kappa shape index (κ2) is 10.1.